The number of nitrogens with one attached hydrogen (secondary N) is 1. The quantitative estimate of drug-likeness (QED) is 0.453. The predicted molar refractivity (Wildman–Crippen MR) is 64.8 cm³/mol. The molecule has 1 unspecified atom stereocenters. The Morgan fingerprint density at radius 1 is 1.53 bits per heavy atom. The van der Waals surface area contributed by atoms with E-state index >= 15 is 0 Å². The van der Waals surface area contributed by atoms with E-state index in [0.717, 1.165) is 13.1 Å². The zero-order chi connectivity index (χ0) is 11.1. The van der Waals surface area contributed by atoms with E-state index < -0.39 is 0 Å². The molecule has 0 heterocycles. The monoisotopic (exact) mass is 225 g/mol. The predicted octanol–water partition coefficient (Wildman–Crippen LogP) is 3.08. The number of rotatable bonds is 6. The highest BCUT2D eigenvalue weighted by Gasteiger charge is 2.06. The normalized spacial score (nSPS) is 12.4. The van der Waals surface area contributed by atoms with Gasteiger partial charge in [0.2, 0.25) is 0 Å². The zero-order valence-corrected chi connectivity index (χ0v) is 9.69. The van der Waals surface area contributed by atoms with Gasteiger partial charge in [-0.2, -0.15) is 0 Å². The Hall–Kier alpha value is -0.800. The van der Waals surface area contributed by atoms with Crippen LogP contribution >= 0.6 is 11.8 Å². The van der Waals surface area contributed by atoms with Crippen LogP contribution in [0.4, 0.5) is 4.39 Å². The Morgan fingerprint density at radius 3 is 2.93 bits per heavy atom. The molecule has 0 aliphatic rings. The van der Waals surface area contributed by atoms with E-state index in [1.165, 1.54) is 6.07 Å². The molecule has 0 fully saturated rings. The van der Waals surface area contributed by atoms with Crippen molar-refractivity contribution in [3.63, 3.8) is 0 Å². The van der Waals surface area contributed by atoms with Gasteiger partial charge in [-0.05, 0) is 12.1 Å². The lowest BCUT2D eigenvalue weighted by Gasteiger charge is -2.11. The van der Waals surface area contributed by atoms with Crippen molar-refractivity contribution < 1.29 is 4.39 Å². The molecule has 0 aliphatic carbocycles. The maximum absolute atomic E-state index is 13.3. The van der Waals surface area contributed by atoms with Gasteiger partial charge in [-0.15, -0.1) is 18.3 Å². The molecule has 15 heavy (non-hydrogen) atoms. The van der Waals surface area contributed by atoms with Crippen molar-refractivity contribution >= 4 is 11.8 Å². The smallest absolute Gasteiger partial charge is 0.136 e. The first-order chi connectivity index (χ1) is 7.24. The fourth-order valence-electron chi connectivity index (χ4n) is 1.19. The van der Waals surface area contributed by atoms with E-state index in [0.29, 0.717) is 10.1 Å². The van der Waals surface area contributed by atoms with Crippen molar-refractivity contribution in [1.29, 1.82) is 0 Å². The van der Waals surface area contributed by atoms with Gasteiger partial charge in [0, 0.05) is 23.2 Å². The topological polar surface area (TPSA) is 12.0 Å². The van der Waals surface area contributed by atoms with Crippen LogP contribution in [0.3, 0.4) is 0 Å². The first-order valence-corrected chi connectivity index (χ1v) is 5.85. The average Bonchev–Trinajstić information content (AvgIpc) is 2.22. The third kappa shape index (κ3) is 4.49. The molecule has 0 aromatic heterocycles. The van der Waals surface area contributed by atoms with Gasteiger partial charge in [-0.1, -0.05) is 25.1 Å². The molecule has 1 aromatic rings. The summed E-state index contributed by atoms with van der Waals surface area (Å²) < 4.78 is 13.3. The summed E-state index contributed by atoms with van der Waals surface area (Å²) in [4.78, 5) is 0.713. The highest BCUT2D eigenvalue weighted by atomic mass is 32.2. The van der Waals surface area contributed by atoms with Crippen LogP contribution in [0.15, 0.2) is 41.8 Å². The van der Waals surface area contributed by atoms with Crippen LogP contribution in [0.25, 0.3) is 0 Å². The van der Waals surface area contributed by atoms with E-state index in [1.807, 2.05) is 18.2 Å². The first kappa shape index (κ1) is 12.3. The van der Waals surface area contributed by atoms with Gasteiger partial charge >= 0.3 is 0 Å². The molecule has 0 bridgehead atoms. The maximum atomic E-state index is 13.3. The minimum Gasteiger partial charge on any atom is -0.312 e. The maximum Gasteiger partial charge on any atom is 0.136 e. The van der Waals surface area contributed by atoms with Crippen LogP contribution in [0.2, 0.25) is 0 Å². The van der Waals surface area contributed by atoms with E-state index in [2.05, 4.69) is 18.8 Å². The fraction of sp³-hybridized carbons (Fsp3) is 0.333. The second kappa shape index (κ2) is 6.64. The molecular formula is C12H16FNS. The highest BCUT2D eigenvalue weighted by Crippen LogP contribution is 2.25. The minimum absolute atomic E-state index is 0.141. The van der Waals surface area contributed by atoms with Gasteiger partial charge in [0.15, 0.2) is 0 Å². The summed E-state index contributed by atoms with van der Waals surface area (Å²) in [5.74, 6) is -0.141. The van der Waals surface area contributed by atoms with Gasteiger partial charge in [-0.3, -0.25) is 0 Å². The van der Waals surface area contributed by atoms with Crippen LogP contribution in [-0.4, -0.2) is 18.3 Å². The SMILES string of the molecule is C=CCNCC(C)Sc1ccccc1F. The van der Waals surface area contributed by atoms with Gasteiger partial charge in [-0.25, -0.2) is 4.39 Å². The Kier molecular flexibility index (Phi) is 5.43. The number of hydrogen-bond acceptors (Lipinski definition) is 2. The summed E-state index contributed by atoms with van der Waals surface area (Å²) in [7, 11) is 0. The van der Waals surface area contributed by atoms with Crippen molar-refractivity contribution in [2.24, 2.45) is 0 Å². The van der Waals surface area contributed by atoms with E-state index in [-0.39, 0.29) is 5.82 Å². The van der Waals surface area contributed by atoms with Crippen molar-refractivity contribution in [2.45, 2.75) is 17.1 Å². The summed E-state index contributed by atoms with van der Waals surface area (Å²) in [5.41, 5.74) is 0. The van der Waals surface area contributed by atoms with Crippen molar-refractivity contribution in [3.05, 3.63) is 42.7 Å². The van der Waals surface area contributed by atoms with Crippen LogP contribution in [0, 0.1) is 5.82 Å². The fourth-order valence-corrected chi connectivity index (χ4v) is 2.16. The summed E-state index contributed by atoms with van der Waals surface area (Å²) in [5, 5.41) is 3.56. The lowest BCUT2D eigenvalue weighted by atomic mass is 10.3. The lowest BCUT2D eigenvalue weighted by Crippen LogP contribution is -2.22. The average molecular weight is 225 g/mol. The molecule has 0 saturated heterocycles. The van der Waals surface area contributed by atoms with Gasteiger partial charge in [0.05, 0.1) is 0 Å². The van der Waals surface area contributed by atoms with Crippen LogP contribution in [0.5, 0.6) is 0 Å². The largest absolute Gasteiger partial charge is 0.312 e. The molecule has 1 rings (SSSR count). The molecule has 0 radical (unpaired) electrons. The van der Waals surface area contributed by atoms with Gasteiger partial charge < -0.3 is 5.32 Å². The Bertz CT molecular complexity index is 314. The van der Waals surface area contributed by atoms with Crippen LogP contribution in [-0.2, 0) is 0 Å². The molecular weight excluding hydrogens is 209 g/mol. The molecule has 1 aromatic carbocycles. The van der Waals surface area contributed by atoms with Crippen LogP contribution < -0.4 is 5.32 Å². The van der Waals surface area contributed by atoms with E-state index in [9.17, 15) is 4.39 Å². The molecule has 3 heteroatoms. The number of halogens is 1. The number of hydrogen-bond donors (Lipinski definition) is 1. The first-order valence-electron chi connectivity index (χ1n) is 4.97. The second-order valence-electron chi connectivity index (χ2n) is 3.31. The summed E-state index contributed by atoms with van der Waals surface area (Å²) in [6, 6.07) is 6.87. The summed E-state index contributed by atoms with van der Waals surface area (Å²) >= 11 is 1.55. The van der Waals surface area contributed by atoms with Crippen molar-refractivity contribution in [3.8, 4) is 0 Å². The third-order valence-electron chi connectivity index (χ3n) is 1.89. The molecule has 0 spiro atoms. The molecule has 1 atom stereocenters. The Labute approximate surface area is 94.8 Å². The molecule has 0 aliphatic heterocycles. The van der Waals surface area contributed by atoms with E-state index in [4.69, 9.17) is 0 Å². The molecule has 82 valence electrons. The molecule has 0 amide bonds. The molecule has 0 saturated carbocycles. The van der Waals surface area contributed by atoms with Gasteiger partial charge in [0.25, 0.3) is 0 Å². The van der Waals surface area contributed by atoms with Crippen molar-refractivity contribution in [2.75, 3.05) is 13.1 Å². The third-order valence-corrected chi connectivity index (χ3v) is 3.04. The van der Waals surface area contributed by atoms with Crippen molar-refractivity contribution in [1.82, 2.24) is 5.32 Å². The number of thioether (sulfide) groups is 1. The lowest BCUT2D eigenvalue weighted by molar-refractivity contribution is 0.601. The Morgan fingerprint density at radius 2 is 2.27 bits per heavy atom. The number of benzene rings is 1. The standard InChI is InChI=1S/C12H16FNS/c1-3-8-14-9-10(2)15-12-7-5-4-6-11(12)13/h3-7,10,14H,1,8-9H2,2H3. The Balaban J connectivity index is 2.40. The zero-order valence-electron chi connectivity index (χ0n) is 8.87. The van der Waals surface area contributed by atoms with Crippen LogP contribution in [0.1, 0.15) is 6.92 Å². The molecule has 1 N–H and O–H groups in total. The highest BCUT2D eigenvalue weighted by molar-refractivity contribution is 8.00. The summed E-state index contributed by atoms with van der Waals surface area (Å²) in [6.07, 6.45) is 1.82. The second-order valence-corrected chi connectivity index (χ2v) is 4.79. The van der Waals surface area contributed by atoms with Gasteiger partial charge in [0.1, 0.15) is 5.82 Å². The minimum atomic E-state index is -0.141. The van der Waals surface area contributed by atoms with E-state index in [1.54, 1.807) is 17.8 Å². The molecule has 1 nitrogen and oxygen atoms in total. The summed E-state index contributed by atoms with van der Waals surface area (Å²) in [6.45, 7) is 7.35.